The van der Waals surface area contributed by atoms with Crippen LogP contribution in [0.1, 0.15) is 38.4 Å². The minimum Gasteiger partial charge on any atom is -0.494 e. The molecule has 0 radical (unpaired) electrons. The maximum atomic E-state index is 12.1. The van der Waals surface area contributed by atoms with Gasteiger partial charge in [0.25, 0.3) is 0 Å². The monoisotopic (exact) mass is 383 g/mol. The number of aromatic nitrogens is 1. The largest absolute Gasteiger partial charge is 0.494 e. The van der Waals surface area contributed by atoms with Crippen LogP contribution in [0.4, 0.5) is 5.69 Å². The van der Waals surface area contributed by atoms with E-state index in [1.807, 2.05) is 43.3 Å². The molecule has 1 aromatic carbocycles. The first-order chi connectivity index (χ1) is 13.0. The lowest BCUT2D eigenvalue weighted by Crippen LogP contribution is -2.12. The van der Waals surface area contributed by atoms with Gasteiger partial charge in [-0.1, -0.05) is 13.8 Å². The molecule has 0 saturated heterocycles. The quantitative estimate of drug-likeness (QED) is 0.637. The molecule has 2 aromatic rings. The van der Waals surface area contributed by atoms with Crippen molar-refractivity contribution < 1.29 is 9.53 Å². The Hall–Kier alpha value is -2.52. The summed E-state index contributed by atoms with van der Waals surface area (Å²) in [5, 5.41) is 12.8. The fourth-order valence-corrected chi connectivity index (χ4v) is 3.40. The molecule has 0 atom stereocenters. The minimum absolute atomic E-state index is 0.0662. The number of carbonyl (C=O) groups excluding carboxylic acids is 1. The predicted molar refractivity (Wildman–Crippen MR) is 109 cm³/mol. The first kappa shape index (κ1) is 20.8. The number of rotatable bonds is 9. The lowest BCUT2D eigenvalue weighted by molar-refractivity contribution is -0.115. The van der Waals surface area contributed by atoms with Gasteiger partial charge in [-0.2, -0.15) is 5.26 Å². The molecule has 1 heterocycles. The summed E-state index contributed by atoms with van der Waals surface area (Å²) in [4.78, 5) is 16.7. The number of carbonyl (C=O) groups is 1. The van der Waals surface area contributed by atoms with Gasteiger partial charge in [-0.3, -0.25) is 4.79 Å². The summed E-state index contributed by atoms with van der Waals surface area (Å²) >= 11 is 1.45. The fourth-order valence-electron chi connectivity index (χ4n) is 2.47. The second-order valence-corrected chi connectivity index (χ2v) is 7.55. The zero-order valence-corrected chi connectivity index (χ0v) is 16.8. The van der Waals surface area contributed by atoms with Crippen molar-refractivity contribution >= 4 is 23.4 Å². The second kappa shape index (κ2) is 10.6. The van der Waals surface area contributed by atoms with Crippen molar-refractivity contribution in [2.45, 2.75) is 38.6 Å². The van der Waals surface area contributed by atoms with Gasteiger partial charge in [0.2, 0.25) is 5.91 Å². The molecule has 0 bridgehead atoms. The van der Waals surface area contributed by atoms with Crippen LogP contribution in [0.2, 0.25) is 0 Å². The Morgan fingerprint density at radius 2 is 2.00 bits per heavy atom. The van der Waals surface area contributed by atoms with Crippen LogP contribution in [0.25, 0.3) is 0 Å². The van der Waals surface area contributed by atoms with E-state index in [-0.39, 0.29) is 5.91 Å². The third kappa shape index (κ3) is 6.95. The van der Waals surface area contributed by atoms with Crippen molar-refractivity contribution in [1.29, 1.82) is 5.26 Å². The molecule has 0 saturated carbocycles. The highest BCUT2D eigenvalue weighted by molar-refractivity contribution is 7.99. The molecule has 6 heteroatoms. The van der Waals surface area contributed by atoms with Gasteiger partial charge in [0, 0.05) is 23.6 Å². The van der Waals surface area contributed by atoms with Crippen molar-refractivity contribution in [2.24, 2.45) is 5.92 Å². The zero-order valence-electron chi connectivity index (χ0n) is 16.0. The van der Waals surface area contributed by atoms with Crippen LogP contribution in [0.15, 0.2) is 41.4 Å². The molecule has 1 N–H and O–H groups in total. The van der Waals surface area contributed by atoms with Gasteiger partial charge in [-0.05, 0) is 55.7 Å². The number of anilines is 1. The second-order valence-electron chi connectivity index (χ2n) is 6.47. The van der Waals surface area contributed by atoms with E-state index in [0.717, 1.165) is 23.6 Å². The summed E-state index contributed by atoms with van der Waals surface area (Å²) in [5.74, 6) is 1.78. The maximum Gasteiger partial charge on any atom is 0.225 e. The zero-order chi connectivity index (χ0) is 19.6. The van der Waals surface area contributed by atoms with Crippen molar-refractivity contribution in [1.82, 2.24) is 4.98 Å². The van der Waals surface area contributed by atoms with Gasteiger partial charge in [0.05, 0.1) is 12.2 Å². The highest BCUT2D eigenvalue weighted by Crippen LogP contribution is 2.23. The summed E-state index contributed by atoms with van der Waals surface area (Å²) < 4.78 is 5.39. The van der Waals surface area contributed by atoms with Gasteiger partial charge < -0.3 is 10.1 Å². The smallest absolute Gasteiger partial charge is 0.225 e. The van der Waals surface area contributed by atoms with Crippen LogP contribution in [0.3, 0.4) is 0 Å². The lowest BCUT2D eigenvalue weighted by Gasteiger charge is -2.09. The number of pyridine rings is 1. The Morgan fingerprint density at radius 1 is 1.26 bits per heavy atom. The molecule has 0 aliphatic rings. The Morgan fingerprint density at radius 3 is 2.63 bits per heavy atom. The molecule has 1 aromatic heterocycles. The molecule has 0 unspecified atom stereocenters. The summed E-state index contributed by atoms with van der Waals surface area (Å²) in [7, 11) is 0. The van der Waals surface area contributed by atoms with E-state index >= 15 is 0 Å². The molecule has 142 valence electrons. The third-order valence-corrected chi connectivity index (χ3v) is 4.67. The van der Waals surface area contributed by atoms with Gasteiger partial charge in [-0.25, -0.2) is 4.98 Å². The van der Waals surface area contributed by atoms with E-state index in [0.29, 0.717) is 35.3 Å². The summed E-state index contributed by atoms with van der Waals surface area (Å²) in [6.45, 7) is 6.81. The average Bonchev–Trinajstić information content (AvgIpc) is 2.63. The topological polar surface area (TPSA) is 75.0 Å². The molecule has 0 aliphatic carbocycles. The molecule has 2 rings (SSSR count). The molecule has 1 amide bonds. The van der Waals surface area contributed by atoms with Gasteiger partial charge in [0.1, 0.15) is 16.8 Å². The van der Waals surface area contributed by atoms with E-state index in [2.05, 4.69) is 30.2 Å². The van der Waals surface area contributed by atoms with Gasteiger partial charge in [-0.15, -0.1) is 11.8 Å². The molecular formula is C21H25N3O2S. The number of nitrogens with zero attached hydrogens (tertiary/aromatic N) is 2. The highest BCUT2D eigenvalue weighted by Gasteiger charge is 2.09. The van der Waals surface area contributed by atoms with Crippen LogP contribution < -0.4 is 10.1 Å². The first-order valence-electron chi connectivity index (χ1n) is 9.07. The molecular weight excluding hydrogens is 358 g/mol. The molecule has 0 aliphatic heterocycles. The number of ether oxygens (including phenoxy) is 1. The van der Waals surface area contributed by atoms with Crippen molar-refractivity contribution in [2.75, 3.05) is 17.7 Å². The van der Waals surface area contributed by atoms with Crippen LogP contribution >= 0.6 is 11.8 Å². The van der Waals surface area contributed by atoms with Crippen molar-refractivity contribution in [3.63, 3.8) is 0 Å². The number of amides is 1. The van der Waals surface area contributed by atoms with E-state index in [1.54, 1.807) is 0 Å². The summed E-state index contributed by atoms with van der Waals surface area (Å²) in [6, 6.07) is 13.2. The fraction of sp³-hybridized carbons (Fsp3) is 0.381. The highest BCUT2D eigenvalue weighted by atomic mass is 32.2. The van der Waals surface area contributed by atoms with E-state index in [1.165, 1.54) is 11.8 Å². The maximum absolute atomic E-state index is 12.1. The Bertz CT molecular complexity index is 798. The van der Waals surface area contributed by atoms with Crippen LogP contribution in [-0.2, 0) is 11.2 Å². The first-order valence-corrected chi connectivity index (χ1v) is 10.1. The Kier molecular flexibility index (Phi) is 8.15. The number of nitrogens with one attached hydrogen (secondary N) is 1. The van der Waals surface area contributed by atoms with E-state index in [9.17, 15) is 10.1 Å². The normalized spacial score (nSPS) is 10.5. The minimum atomic E-state index is -0.0662. The lowest BCUT2D eigenvalue weighted by atomic mass is 10.1. The van der Waals surface area contributed by atoms with E-state index < -0.39 is 0 Å². The number of hydrogen-bond acceptors (Lipinski definition) is 5. The van der Waals surface area contributed by atoms with Crippen molar-refractivity contribution in [3.05, 3.63) is 47.7 Å². The SMILES string of the molecule is CCOc1ccc(NC(=O)CCSc2nc(CC(C)C)ccc2C#N)cc1. The van der Waals surface area contributed by atoms with E-state index in [4.69, 9.17) is 4.74 Å². The number of nitriles is 1. The standard InChI is InChI=1S/C21H25N3O2S/c1-4-26-19-9-7-17(8-10-19)23-20(25)11-12-27-21-16(14-22)5-6-18(24-21)13-15(2)3/h5-10,15H,4,11-13H2,1-3H3,(H,23,25). The Balaban J connectivity index is 1.87. The molecule has 0 spiro atoms. The van der Waals surface area contributed by atoms with Gasteiger partial charge >= 0.3 is 0 Å². The number of hydrogen-bond donors (Lipinski definition) is 1. The Labute approximate surface area is 165 Å². The van der Waals surface area contributed by atoms with Crippen molar-refractivity contribution in [3.8, 4) is 11.8 Å². The van der Waals surface area contributed by atoms with Gasteiger partial charge in [0.15, 0.2) is 0 Å². The molecule has 5 nitrogen and oxygen atoms in total. The van der Waals surface area contributed by atoms with Crippen LogP contribution in [0.5, 0.6) is 5.75 Å². The predicted octanol–water partition coefficient (Wildman–Crippen LogP) is 4.67. The summed E-state index contributed by atoms with van der Waals surface area (Å²) in [6.07, 6.45) is 1.22. The average molecular weight is 384 g/mol. The number of benzene rings is 1. The summed E-state index contributed by atoms with van der Waals surface area (Å²) in [5.41, 5.74) is 2.27. The molecule has 0 fully saturated rings. The molecule has 27 heavy (non-hydrogen) atoms. The number of thioether (sulfide) groups is 1. The third-order valence-electron chi connectivity index (χ3n) is 3.67. The van der Waals surface area contributed by atoms with Crippen LogP contribution in [0, 0.1) is 17.2 Å². The van der Waals surface area contributed by atoms with Crippen LogP contribution in [-0.4, -0.2) is 23.3 Å².